The Morgan fingerprint density at radius 1 is 0.969 bits per heavy atom. The predicted octanol–water partition coefficient (Wildman–Crippen LogP) is 3.92. The van der Waals surface area contributed by atoms with E-state index >= 15 is 0 Å². The summed E-state index contributed by atoms with van der Waals surface area (Å²) in [5, 5.41) is 14.5. The third kappa shape index (κ3) is 5.28. The summed E-state index contributed by atoms with van der Waals surface area (Å²) in [4.78, 5) is 36.0. The molecule has 0 saturated heterocycles. The molecule has 3 rings (SSSR count). The normalized spacial score (nSPS) is 14.6. The number of carboxylic acid groups (broad SMARTS) is 1. The fourth-order valence-electron chi connectivity index (χ4n) is 4.04. The minimum atomic E-state index is -1.09. The van der Waals surface area contributed by atoms with Crippen molar-refractivity contribution in [1.82, 2.24) is 10.6 Å². The van der Waals surface area contributed by atoms with Gasteiger partial charge >= 0.3 is 12.1 Å². The zero-order valence-corrected chi connectivity index (χ0v) is 18.8. The van der Waals surface area contributed by atoms with Crippen LogP contribution in [0.1, 0.15) is 51.2 Å². The van der Waals surface area contributed by atoms with Crippen LogP contribution in [-0.4, -0.2) is 41.8 Å². The van der Waals surface area contributed by atoms with E-state index in [-0.39, 0.29) is 18.9 Å². The van der Waals surface area contributed by atoms with Crippen molar-refractivity contribution in [2.24, 2.45) is 5.41 Å². The molecule has 7 heteroatoms. The first kappa shape index (κ1) is 23.3. The number of amides is 2. The van der Waals surface area contributed by atoms with Crippen molar-refractivity contribution in [2.45, 2.75) is 52.1 Å². The number of alkyl carbamates (subject to hydrolysis) is 1. The monoisotopic (exact) mass is 438 g/mol. The summed E-state index contributed by atoms with van der Waals surface area (Å²) in [6.07, 6.45) is -0.665. The minimum Gasteiger partial charge on any atom is -0.480 e. The second kappa shape index (κ2) is 9.42. The third-order valence-corrected chi connectivity index (χ3v) is 5.62. The Balaban J connectivity index is 1.54. The maximum Gasteiger partial charge on any atom is 0.407 e. The lowest BCUT2D eigenvalue weighted by molar-refractivity contribution is -0.145. The van der Waals surface area contributed by atoms with E-state index in [1.54, 1.807) is 27.7 Å². The Labute approximate surface area is 188 Å². The van der Waals surface area contributed by atoms with Crippen LogP contribution >= 0.6 is 0 Å². The molecule has 1 aliphatic rings. The van der Waals surface area contributed by atoms with E-state index < -0.39 is 35.5 Å². The standard InChI is InChI=1S/C25H30N2O5/c1-15(13-21(28)27-22(23(29)30)25(2,3)4)26-24(31)32-14-20-18-11-7-5-9-16(18)17-10-6-8-12-19(17)20/h5-12,15,20,22H,13-14H2,1-4H3,(H,26,31)(H,27,28)(H,29,30)/t15-,22+/m0/s1. The van der Waals surface area contributed by atoms with E-state index in [2.05, 4.69) is 22.8 Å². The van der Waals surface area contributed by atoms with Gasteiger partial charge < -0.3 is 20.5 Å². The number of fused-ring (bicyclic) bond motifs is 3. The highest BCUT2D eigenvalue weighted by molar-refractivity contribution is 5.84. The van der Waals surface area contributed by atoms with Crippen molar-refractivity contribution >= 4 is 18.0 Å². The highest BCUT2D eigenvalue weighted by atomic mass is 16.5. The van der Waals surface area contributed by atoms with Crippen molar-refractivity contribution in [3.63, 3.8) is 0 Å². The molecule has 2 amide bonds. The van der Waals surface area contributed by atoms with Gasteiger partial charge in [0.1, 0.15) is 12.6 Å². The summed E-state index contributed by atoms with van der Waals surface area (Å²) in [5.74, 6) is -1.59. The van der Waals surface area contributed by atoms with Gasteiger partial charge in [-0.25, -0.2) is 9.59 Å². The van der Waals surface area contributed by atoms with Gasteiger partial charge in [0.05, 0.1) is 0 Å². The van der Waals surface area contributed by atoms with Crippen LogP contribution in [-0.2, 0) is 14.3 Å². The summed E-state index contributed by atoms with van der Waals surface area (Å²) in [7, 11) is 0. The molecule has 0 saturated carbocycles. The van der Waals surface area contributed by atoms with E-state index in [0.717, 1.165) is 22.3 Å². The van der Waals surface area contributed by atoms with Gasteiger partial charge in [0, 0.05) is 18.4 Å². The number of carbonyl (C=O) groups excluding carboxylic acids is 2. The van der Waals surface area contributed by atoms with Crippen molar-refractivity contribution in [1.29, 1.82) is 0 Å². The summed E-state index contributed by atoms with van der Waals surface area (Å²) in [6, 6.07) is 14.6. The number of hydrogen-bond donors (Lipinski definition) is 3. The second-order valence-corrected chi connectivity index (χ2v) is 9.28. The molecule has 0 radical (unpaired) electrons. The summed E-state index contributed by atoms with van der Waals surface area (Å²) >= 11 is 0. The molecule has 170 valence electrons. The van der Waals surface area contributed by atoms with Crippen LogP contribution in [0.5, 0.6) is 0 Å². The summed E-state index contributed by atoms with van der Waals surface area (Å²) in [6.45, 7) is 7.08. The Kier molecular flexibility index (Phi) is 6.87. The zero-order valence-electron chi connectivity index (χ0n) is 18.8. The average Bonchev–Trinajstić information content (AvgIpc) is 3.03. The molecule has 0 bridgehead atoms. The number of rotatable bonds is 7. The smallest absolute Gasteiger partial charge is 0.407 e. The summed E-state index contributed by atoms with van der Waals surface area (Å²) < 4.78 is 5.49. The van der Waals surface area contributed by atoms with Crippen molar-refractivity contribution in [2.75, 3.05) is 6.61 Å². The molecule has 0 fully saturated rings. The third-order valence-electron chi connectivity index (χ3n) is 5.62. The van der Waals surface area contributed by atoms with E-state index in [0.29, 0.717) is 0 Å². The molecule has 2 atom stereocenters. The Morgan fingerprint density at radius 2 is 1.50 bits per heavy atom. The molecule has 3 N–H and O–H groups in total. The maximum atomic E-state index is 12.3. The molecule has 2 aromatic rings. The fraction of sp³-hybridized carbons (Fsp3) is 0.400. The van der Waals surface area contributed by atoms with Crippen LogP contribution < -0.4 is 10.6 Å². The molecule has 1 aliphatic carbocycles. The number of benzene rings is 2. The van der Waals surface area contributed by atoms with Gasteiger partial charge in [-0.3, -0.25) is 4.79 Å². The zero-order chi connectivity index (χ0) is 23.5. The van der Waals surface area contributed by atoms with Gasteiger partial charge in [-0.05, 0) is 34.6 Å². The highest BCUT2D eigenvalue weighted by Gasteiger charge is 2.33. The number of ether oxygens (including phenoxy) is 1. The Bertz CT molecular complexity index is 966. The van der Waals surface area contributed by atoms with Crippen LogP contribution in [0.2, 0.25) is 0 Å². The van der Waals surface area contributed by atoms with E-state index in [4.69, 9.17) is 4.74 Å². The van der Waals surface area contributed by atoms with E-state index in [9.17, 15) is 19.5 Å². The first-order valence-electron chi connectivity index (χ1n) is 10.7. The van der Waals surface area contributed by atoms with Crippen LogP contribution in [0, 0.1) is 5.41 Å². The number of carboxylic acids is 1. The fourth-order valence-corrected chi connectivity index (χ4v) is 4.04. The van der Waals surface area contributed by atoms with Crippen LogP contribution in [0.4, 0.5) is 4.79 Å². The number of hydrogen-bond acceptors (Lipinski definition) is 4. The van der Waals surface area contributed by atoms with Crippen molar-refractivity contribution < 1.29 is 24.2 Å². The minimum absolute atomic E-state index is 0.0464. The second-order valence-electron chi connectivity index (χ2n) is 9.28. The van der Waals surface area contributed by atoms with E-state index in [1.807, 2.05) is 36.4 Å². The molecule has 32 heavy (non-hydrogen) atoms. The molecular weight excluding hydrogens is 408 g/mol. The van der Waals surface area contributed by atoms with Crippen molar-refractivity contribution in [3.05, 3.63) is 59.7 Å². The van der Waals surface area contributed by atoms with Crippen molar-refractivity contribution in [3.8, 4) is 11.1 Å². The molecule has 0 heterocycles. The van der Waals surface area contributed by atoms with Gasteiger partial charge in [-0.2, -0.15) is 0 Å². The number of aliphatic carboxylic acids is 1. The largest absolute Gasteiger partial charge is 0.480 e. The molecule has 0 aromatic heterocycles. The van der Waals surface area contributed by atoms with Crippen LogP contribution in [0.25, 0.3) is 11.1 Å². The first-order valence-corrected chi connectivity index (χ1v) is 10.7. The highest BCUT2D eigenvalue weighted by Crippen LogP contribution is 2.44. The van der Waals surface area contributed by atoms with Crippen LogP contribution in [0.3, 0.4) is 0 Å². The van der Waals surface area contributed by atoms with Gasteiger partial charge in [0.25, 0.3) is 0 Å². The number of nitrogens with one attached hydrogen (secondary N) is 2. The predicted molar refractivity (Wildman–Crippen MR) is 121 cm³/mol. The van der Waals surface area contributed by atoms with Gasteiger partial charge in [0.15, 0.2) is 0 Å². The maximum absolute atomic E-state index is 12.3. The Hall–Kier alpha value is -3.35. The van der Waals surface area contributed by atoms with Gasteiger partial charge in [0.2, 0.25) is 5.91 Å². The molecule has 7 nitrogen and oxygen atoms in total. The summed E-state index contributed by atoms with van der Waals surface area (Å²) in [5.41, 5.74) is 3.90. The lowest BCUT2D eigenvalue weighted by Crippen LogP contribution is -2.50. The molecule has 2 aromatic carbocycles. The molecule has 0 aliphatic heterocycles. The average molecular weight is 439 g/mol. The number of carbonyl (C=O) groups is 3. The van der Waals surface area contributed by atoms with Gasteiger partial charge in [-0.1, -0.05) is 69.3 Å². The molecule has 0 unspecified atom stereocenters. The lowest BCUT2D eigenvalue weighted by atomic mass is 9.86. The Morgan fingerprint density at radius 3 is 2.00 bits per heavy atom. The van der Waals surface area contributed by atoms with Gasteiger partial charge in [-0.15, -0.1) is 0 Å². The topological polar surface area (TPSA) is 105 Å². The molecule has 0 spiro atoms. The SMILES string of the molecule is C[C@@H](CC(=O)N[C@H](C(=O)O)C(C)(C)C)NC(=O)OCC1c2ccccc2-c2ccccc21. The lowest BCUT2D eigenvalue weighted by Gasteiger charge is -2.28. The van der Waals surface area contributed by atoms with E-state index in [1.165, 1.54) is 0 Å². The first-order chi connectivity index (χ1) is 15.1. The molecular formula is C25H30N2O5. The van der Waals surface area contributed by atoms with Crippen LogP contribution in [0.15, 0.2) is 48.5 Å². The quantitative estimate of drug-likeness (QED) is 0.608.